The Balaban J connectivity index is 2.13. The van der Waals surface area contributed by atoms with Gasteiger partial charge in [0, 0.05) is 28.9 Å². The van der Waals surface area contributed by atoms with Gasteiger partial charge in [-0.2, -0.15) is 0 Å². The van der Waals surface area contributed by atoms with E-state index in [0.29, 0.717) is 13.1 Å². The quantitative estimate of drug-likeness (QED) is 0.706. The first-order chi connectivity index (χ1) is 10.3. The van der Waals surface area contributed by atoms with Crippen LogP contribution in [0.25, 0.3) is 21.3 Å². The van der Waals surface area contributed by atoms with E-state index < -0.39 is 0 Å². The van der Waals surface area contributed by atoms with Crippen molar-refractivity contribution in [1.29, 1.82) is 0 Å². The summed E-state index contributed by atoms with van der Waals surface area (Å²) in [5.74, 6) is 0.858. The van der Waals surface area contributed by atoms with E-state index in [1.807, 2.05) is 0 Å². The molecule has 0 radical (unpaired) electrons. The van der Waals surface area contributed by atoms with Crippen molar-refractivity contribution in [3.63, 3.8) is 0 Å². The summed E-state index contributed by atoms with van der Waals surface area (Å²) >= 11 is 3.38. The molecule has 0 unspecified atom stereocenters. The highest BCUT2D eigenvalue weighted by Crippen LogP contribution is 2.37. The van der Waals surface area contributed by atoms with Crippen molar-refractivity contribution in [2.24, 2.45) is 5.73 Å². The second kappa shape index (κ2) is 6.43. The maximum Gasteiger partial charge on any atom is 0.138 e. The fourth-order valence-corrected chi connectivity index (χ4v) is 3.58. The number of hydrogen-bond acceptors (Lipinski definition) is 6. The van der Waals surface area contributed by atoms with Gasteiger partial charge in [0.25, 0.3) is 0 Å². The number of rotatable bonds is 5. The topological polar surface area (TPSA) is 63.8 Å². The lowest BCUT2D eigenvalue weighted by molar-refractivity contribution is 1.01. The Morgan fingerprint density at radius 2 is 2.24 bits per heavy atom. The van der Waals surface area contributed by atoms with Crippen molar-refractivity contribution in [3.05, 3.63) is 36.0 Å². The first-order valence-corrected chi connectivity index (χ1v) is 8.74. The smallest absolute Gasteiger partial charge is 0.138 e. The lowest BCUT2D eigenvalue weighted by Crippen LogP contribution is -2.14. The van der Waals surface area contributed by atoms with Crippen molar-refractivity contribution in [3.8, 4) is 11.1 Å². The van der Waals surface area contributed by atoms with E-state index in [1.54, 1.807) is 29.4 Å². The van der Waals surface area contributed by atoms with Crippen molar-refractivity contribution in [2.45, 2.75) is 4.90 Å². The first-order valence-electron chi connectivity index (χ1n) is 6.64. The van der Waals surface area contributed by atoms with Crippen LogP contribution in [0.4, 0.5) is 5.82 Å². The number of nitrogens with two attached hydrogens (primary N) is 1. The molecule has 2 aromatic heterocycles. The summed E-state index contributed by atoms with van der Waals surface area (Å²) in [5.41, 5.74) is 7.94. The zero-order chi connectivity index (χ0) is 14.7. The average molecular weight is 316 g/mol. The Bertz CT molecular complexity index is 754. The van der Waals surface area contributed by atoms with Crippen LogP contribution < -0.4 is 11.1 Å². The number of fused-ring (bicyclic) bond motifs is 1. The highest BCUT2D eigenvalue weighted by molar-refractivity contribution is 7.98. The second-order valence-electron chi connectivity index (χ2n) is 4.50. The molecule has 0 aliphatic rings. The molecule has 2 heterocycles. The Labute approximate surface area is 131 Å². The predicted molar refractivity (Wildman–Crippen MR) is 92.2 cm³/mol. The van der Waals surface area contributed by atoms with Crippen molar-refractivity contribution >= 4 is 39.1 Å². The van der Waals surface area contributed by atoms with Gasteiger partial charge in [-0.1, -0.05) is 12.1 Å². The lowest BCUT2D eigenvalue weighted by Gasteiger charge is -2.07. The summed E-state index contributed by atoms with van der Waals surface area (Å²) in [4.78, 5) is 11.0. The standard InChI is InChI=1S/C15H16N4S2/c1-20-11-4-2-3-10(7-11)12-8-21-15-13(12)14(17-6-5-16)18-9-19-15/h2-4,7-9H,5-6,16H2,1H3,(H,17,18,19). The Hall–Kier alpha value is -1.63. The molecular weight excluding hydrogens is 300 g/mol. The molecule has 6 heteroatoms. The van der Waals surface area contributed by atoms with Gasteiger partial charge < -0.3 is 11.1 Å². The summed E-state index contributed by atoms with van der Waals surface area (Å²) in [6, 6.07) is 8.53. The molecule has 4 nitrogen and oxygen atoms in total. The molecule has 0 aliphatic heterocycles. The molecule has 1 aromatic carbocycles. The SMILES string of the molecule is CSc1cccc(-c2csc3ncnc(NCCN)c23)c1. The van der Waals surface area contributed by atoms with Crippen molar-refractivity contribution in [1.82, 2.24) is 9.97 Å². The third-order valence-electron chi connectivity index (χ3n) is 3.19. The number of nitrogens with zero attached hydrogens (tertiary/aromatic N) is 2. The zero-order valence-electron chi connectivity index (χ0n) is 11.7. The van der Waals surface area contributed by atoms with E-state index in [4.69, 9.17) is 5.73 Å². The van der Waals surface area contributed by atoms with Crippen LogP contribution >= 0.6 is 23.1 Å². The number of benzene rings is 1. The minimum Gasteiger partial charge on any atom is -0.368 e. The number of hydrogen-bond donors (Lipinski definition) is 2. The van der Waals surface area contributed by atoms with Crippen LogP contribution in [0.5, 0.6) is 0 Å². The van der Waals surface area contributed by atoms with Gasteiger partial charge in [0.15, 0.2) is 0 Å². The molecule has 3 rings (SSSR count). The summed E-state index contributed by atoms with van der Waals surface area (Å²) in [5, 5.41) is 6.51. The molecule has 0 saturated carbocycles. The normalized spacial score (nSPS) is 11.0. The van der Waals surface area contributed by atoms with Crippen LogP contribution in [0.15, 0.2) is 40.9 Å². The fraction of sp³-hybridized carbons (Fsp3) is 0.200. The van der Waals surface area contributed by atoms with Crippen LogP contribution in [0, 0.1) is 0 Å². The van der Waals surface area contributed by atoms with Crippen molar-refractivity contribution < 1.29 is 0 Å². The average Bonchev–Trinajstić information content (AvgIpc) is 2.97. The van der Waals surface area contributed by atoms with Crippen LogP contribution in [0.2, 0.25) is 0 Å². The number of anilines is 1. The molecule has 0 spiro atoms. The minimum absolute atomic E-state index is 0.576. The summed E-state index contributed by atoms with van der Waals surface area (Å²) in [6.45, 7) is 1.28. The molecule has 0 amide bonds. The van der Waals surface area contributed by atoms with Gasteiger partial charge in [-0.05, 0) is 24.0 Å². The van der Waals surface area contributed by atoms with Crippen LogP contribution in [-0.4, -0.2) is 29.3 Å². The molecular formula is C15H16N4S2. The monoisotopic (exact) mass is 316 g/mol. The molecule has 0 bridgehead atoms. The van der Waals surface area contributed by atoms with Gasteiger partial charge in [-0.15, -0.1) is 23.1 Å². The van der Waals surface area contributed by atoms with Crippen LogP contribution in [0.3, 0.4) is 0 Å². The van der Waals surface area contributed by atoms with Gasteiger partial charge in [0.1, 0.15) is 17.0 Å². The molecule has 0 atom stereocenters. The highest BCUT2D eigenvalue weighted by Gasteiger charge is 2.13. The summed E-state index contributed by atoms with van der Waals surface area (Å²) in [6.07, 6.45) is 3.68. The largest absolute Gasteiger partial charge is 0.368 e. The Morgan fingerprint density at radius 1 is 1.33 bits per heavy atom. The molecule has 0 saturated heterocycles. The number of thioether (sulfide) groups is 1. The van der Waals surface area contributed by atoms with Gasteiger partial charge in [-0.25, -0.2) is 9.97 Å². The zero-order valence-corrected chi connectivity index (χ0v) is 13.3. The third kappa shape index (κ3) is 2.88. The van der Waals surface area contributed by atoms with Gasteiger partial charge in [0.2, 0.25) is 0 Å². The maximum atomic E-state index is 5.58. The Morgan fingerprint density at radius 3 is 3.05 bits per heavy atom. The van der Waals surface area contributed by atoms with E-state index in [0.717, 1.165) is 16.0 Å². The van der Waals surface area contributed by atoms with Crippen molar-refractivity contribution in [2.75, 3.05) is 24.7 Å². The first kappa shape index (κ1) is 14.3. The molecule has 21 heavy (non-hydrogen) atoms. The number of nitrogens with one attached hydrogen (secondary N) is 1. The fourth-order valence-electron chi connectivity index (χ4n) is 2.20. The molecule has 3 aromatic rings. The second-order valence-corrected chi connectivity index (χ2v) is 6.24. The van der Waals surface area contributed by atoms with Crippen LogP contribution in [-0.2, 0) is 0 Å². The van der Waals surface area contributed by atoms with Gasteiger partial charge in [0.05, 0.1) is 5.39 Å². The van der Waals surface area contributed by atoms with E-state index in [-0.39, 0.29) is 0 Å². The van der Waals surface area contributed by atoms with E-state index in [9.17, 15) is 0 Å². The van der Waals surface area contributed by atoms with E-state index in [2.05, 4.69) is 51.2 Å². The predicted octanol–water partition coefficient (Wildman–Crippen LogP) is 3.45. The molecule has 0 fully saturated rings. The third-order valence-corrected chi connectivity index (χ3v) is 4.80. The van der Waals surface area contributed by atoms with E-state index >= 15 is 0 Å². The summed E-state index contributed by atoms with van der Waals surface area (Å²) < 4.78 is 0. The number of thiophene rings is 1. The van der Waals surface area contributed by atoms with Gasteiger partial charge >= 0.3 is 0 Å². The molecule has 0 aliphatic carbocycles. The Kier molecular flexibility index (Phi) is 4.38. The molecule has 3 N–H and O–H groups in total. The van der Waals surface area contributed by atoms with Gasteiger partial charge in [-0.3, -0.25) is 0 Å². The summed E-state index contributed by atoms with van der Waals surface area (Å²) in [7, 11) is 0. The lowest BCUT2D eigenvalue weighted by atomic mass is 10.1. The molecule has 108 valence electrons. The number of aromatic nitrogens is 2. The van der Waals surface area contributed by atoms with Crippen LogP contribution in [0.1, 0.15) is 0 Å². The minimum atomic E-state index is 0.576. The maximum absolute atomic E-state index is 5.58. The van der Waals surface area contributed by atoms with E-state index in [1.165, 1.54) is 16.0 Å². The highest BCUT2D eigenvalue weighted by atomic mass is 32.2.